The molecule has 0 radical (unpaired) electrons. The summed E-state index contributed by atoms with van der Waals surface area (Å²) in [6.07, 6.45) is 0. The van der Waals surface area contributed by atoms with Crippen molar-refractivity contribution in [2.45, 2.75) is 0 Å². The lowest BCUT2D eigenvalue weighted by Crippen LogP contribution is -2.52. The molecule has 3 amide bonds. The maximum atomic E-state index is 12.2. The number of para-hydroxylation sites is 1. The number of nitrogens with one attached hydrogen (secondary N) is 1. The second-order valence-corrected chi connectivity index (χ2v) is 6.67. The van der Waals surface area contributed by atoms with E-state index in [1.807, 2.05) is 30.3 Å². The number of amides is 3. The second-order valence-electron chi connectivity index (χ2n) is 5.72. The summed E-state index contributed by atoms with van der Waals surface area (Å²) in [6, 6.07) is 12.4. The number of piperazine rings is 1. The molecule has 3 rings (SSSR count). The van der Waals surface area contributed by atoms with Crippen LogP contribution in [0.3, 0.4) is 0 Å². The molecule has 136 valence electrons. The Morgan fingerprint density at radius 2 is 1.65 bits per heavy atom. The summed E-state index contributed by atoms with van der Waals surface area (Å²) in [5, 5.41) is 4.60. The molecule has 2 aromatic rings. The van der Waals surface area contributed by atoms with Gasteiger partial charge < -0.3 is 19.9 Å². The predicted molar refractivity (Wildman–Crippen MR) is 98.2 cm³/mol. The van der Waals surface area contributed by atoms with Crippen molar-refractivity contribution in [1.82, 2.24) is 9.80 Å². The number of thiophene rings is 1. The van der Waals surface area contributed by atoms with Gasteiger partial charge in [-0.1, -0.05) is 24.3 Å². The highest BCUT2D eigenvalue weighted by Crippen LogP contribution is 2.11. The third-order valence-corrected chi connectivity index (χ3v) is 4.84. The van der Waals surface area contributed by atoms with Gasteiger partial charge in [0.25, 0.3) is 5.91 Å². The first-order valence-electron chi connectivity index (χ1n) is 8.23. The average molecular weight is 373 g/mol. The van der Waals surface area contributed by atoms with Crippen LogP contribution >= 0.6 is 11.3 Å². The topological polar surface area (TPSA) is 79.0 Å². The highest BCUT2D eigenvalue weighted by molar-refractivity contribution is 7.11. The van der Waals surface area contributed by atoms with Crippen LogP contribution in [0.5, 0.6) is 0 Å². The summed E-state index contributed by atoms with van der Waals surface area (Å²) in [6.45, 7) is 1.41. The Kier molecular flexibility index (Phi) is 5.85. The summed E-state index contributed by atoms with van der Waals surface area (Å²) in [5.41, 5.74) is 0.733. The number of carbonyl (C=O) groups excluding carboxylic acids is 3. The number of nitrogens with zero attached hydrogens (tertiary/aromatic N) is 2. The maximum Gasteiger partial charge on any atom is 0.348 e. The van der Waals surface area contributed by atoms with E-state index in [2.05, 4.69) is 5.32 Å². The van der Waals surface area contributed by atoms with Crippen LogP contribution in [0.2, 0.25) is 0 Å². The Balaban J connectivity index is 1.42. The number of ether oxygens (including phenoxy) is 1. The molecule has 1 fully saturated rings. The van der Waals surface area contributed by atoms with Crippen molar-refractivity contribution in [3.05, 3.63) is 52.7 Å². The summed E-state index contributed by atoms with van der Waals surface area (Å²) in [7, 11) is 0. The van der Waals surface area contributed by atoms with Crippen LogP contribution in [0.25, 0.3) is 0 Å². The zero-order valence-electron chi connectivity index (χ0n) is 14.1. The number of esters is 1. The van der Waals surface area contributed by atoms with Gasteiger partial charge in [0.15, 0.2) is 6.61 Å². The molecule has 26 heavy (non-hydrogen) atoms. The fraction of sp³-hybridized carbons (Fsp3) is 0.278. The summed E-state index contributed by atoms with van der Waals surface area (Å²) >= 11 is 1.27. The van der Waals surface area contributed by atoms with Gasteiger partial charge in [0.2, 0.25) is 0 Å². The van der Waals surface area contributed by atoms with E-state index in [9.17, 15) is 14.4 Å². The van der Waals surface area contributed by atoms with Crippen LogP contribution in [-0.2, 0) is 9.53 Å². The zero-order valence-corrected chi connectivity index (χ0v) is 14.9. The summed E-state index contributed by atoms with van der Waals surface area (Å²) < 4.78 is 5.04. The third kappa shape index (κ3) is 4.60. The van der Waals surface area contributed by atoms with Gasteiger partial charge in [0.1, 0.15) is 4.88 Å². The molecule has 0 bridgehead atoms. The molecule has 1 aliphatic rings. The number of hydrogen-bond donors (Lipinski definition) is 1. The molecule has 7 nitrogen and oxygen atoms in total. The average Bonchev–Trinajstić information content (AvgIpc) is 3.21. The van der Waals surface area contributed by atoms with Gasteiger partial charge in [-0.25, -0.2) is 9.59 Å². The molecule has 0 aliphatic carbocycles. The molecule has 0 saturated carbocycles. The first kappa shape index (κ1) is 17.9. The lowest BCUT2D eigenvalue weighted by Gasteiger charge is -2.34. The highest BCUT2D eigenvalue weighted by atomic mass is 32.1. The van der Waals surface area contributed by atoms with Crippen LogP contribution in [-0.4, -0.2) is 60.5 Å². The van der Waals surface area contributed by atoms with E-state index in [1.165, 1.54) is 11.3 Å². The summed E-state index contributed by atoms with van der Waals surface area (Å²) in [5.74, 6) is -0.743. The molecular formula is C18H19N3O4S. The van der Waals surface area contributed by atoms with Gasteiger partial charge in [0.05, 0.1) is 0 Å². The minimum absolute atomic E-state index is 0.188. The lowest BCUT2D eigenvalue weighted by atomic mass is 10.3. The van der Waals surface area contributed by atoms with E-state index >= 15 is 0 Å². The minimum atomic E-state index is -0.491. The van der Waals surface area contributed by atoms with E-state index in [4.69, 9.17) is 4.74 Å². The number of urea groups is 1. The number of benzene rings is 1. The Labute approximate surface area is 155 Å². The van der Waals surface area contributed by atoms with Crippen LogP contribution in [0.4, 0.5) is 10.5 Å². The van der Waals surface area contributed by atoms with Crippen molar-refractivity contribution < 1.29 is 19.1 Å². The van der Waals surface area contributed by atoms with Crippen molar-refractivity contribution in [2.75, 3.05) is 38.1 Å². The normalized spacial score (nSPS) is 14.0. The molecular weight excluding hydrogens is 354 g/mol. The SMILES string of the molecule is O=C(OCC(=O)N1CCN(C(=O)Nc2ccccc2)CC1)c1cccs1. The molecule has 1 aliphatic heterocycles. The molecule has 1 aromatic carbocycles. The monoisotopic (exact) mass is 373 g/mol. The van der Waals surface area contributed by atoms with Crippen molar-refractivity contribution in [2.24, 2.45) is 0 Å². The first-order valence-corrected chi connectivity index (χ1v) is 9.11. The number of rotatable bonds is 4. The Hall–Kier alpha value is -2.87. The molecule has 2 heterocycles. The third-order valence-electron chi connectivity index (χ3n) is 3.99. The summed E-state index contributed by atoms with van der Waals surface area (Å²) in [4.78, 5) is 39.9. The van der Waals surface area contributed by atoms with Crippen LogP contribution in [0.1, 0.15) is 9.67 Å². The van der Waals surface area contributed by atoms with Gasteiger partial charge in [0, 0.05) is 31.9 Å². The zero-order chi connectivity index (χ0) is 18.4. The first-order chi connectivity index (χ1) is 12.6. The predicted octanol–water partition coefficient (Wildman–Crippen LogP) is 2.28. The van der Waals surface area contributed by atoms with Crippen molar-refractivity contribution in [3.63, 3.8) is 0 Å². The van der Waals surface area contributed by atoms with Crippen molar-refractivity contribution in [3.8, 4) is 0 Å². The minimum Gasteiger partial charge on any atom is -0.451 e. The fourth-order valence-corrected chi connectivity index (χ4v) is 3.18. The molecule has 1 aromatic heterocycles. The molecule has 1 saturated heterocycles. The Morgan fingerprint density at radius 1 is 0.962 bits per heavy atom. The Bertz CT molecular complexity index is 756. The molecule has 0 atom stereocenters. The largest absolute Gasteiger partial charge is 0.451 e. The number of carbonyl (C=O) groups is 3. The lowest BCUT2D eigenvalue weighted by molar-refractivity contribution is -0.135. The second kappa shape index (κ2) is 8.48. The number of hydrogen-bond acceptors (Lipinski definition) is 5. The van der Waals surface area contributed by atoms with E-state index in [1.54, 1.807) is 27.3 Å². The quantitative estimate of drug-likeness (QED) is 0.834. The van der Waals surface area contributed by atoms with E-state index < -0.39 is 5.97 Å². The van der Waals surface area contributed by atoms with Gasteiger partial charge >= 0.3 is 12.0 Å². The molecule has 1 N–H and O–H groups in total. The van der Waals surface area contributed by atoms with Gasteiger partial charge in [-0.15, -0.1) is 11.3 Å². The smallest absolute Gasteiger partial charge is 0.348 e. The van der Waals surface area contributed by atoms with Gasteiger partial charge in [-0.3, -0.25) is 4.79 Å². The van der Waals surface area contributed by atoms with Gasteiger partial charge in [-0.05, 0) is 23.6 Å². The molecule has 0 unspecified atom stereocenters. The maximum absolute atomic E-state index is 12.2. The molecule has 0 spiro atoms. The highest BCUT2D eigenvalue weighted by Gasteiger charge is 2.25. The fourth-order valence-electron chi connectivity index (χ4n) is 2.57. The van der Waals surface area contributed by atoms with Crippen LogP contribution in [0.15, 0.2) is 47.8 Å². The number of anilines is 1. The molecule has 8 heteroatoms. The van der Waals surface area contributed by atoms with Crippen molar-refractivity contribution >= 4 is 34.9 Å². The van der Waals surface area contributed by atoms with Crippen LogP contribution in [0, 0.1) is 0 Å². The van der Waals surface area contributed by atoms with Gasteiger partial charge in [-0.2, -0.15) is 0 Å². The standard InChI is InChI=1S/C18H19N3O4S/c22-16(13-25-17(23)15-7-4-12-26-15)20-8-10-21(11-9-20)18(24)19-14-5-2-1-3-6-14/h1-7,12H,8-11,13H2,(H,19,24). The van der Waals surface area contributed by atoms with Crippen molar-refractivity contribution in [1.29, 1.82) is 0 Å². The Morgan fingerprint density at radius 3 is 2.31 bits per heavy atom. The van der Waals surface area contributed by atoms with E-state index in [0.29, 0.717) is 31.1 Å². The van der Waals surface area contributed by atoms with E-state index in [-0.39, 0.29) is 18.5 Å². The van der Waals surface area contributed by atoms with Crippen LogP contribution < -0.4 is 5.32 Å². The van der Waals surface area contributed by atoms with E-state index in [0.717, 1.165) is 5.69 Å².